The van der Waals surface area contributed by atoms with Gasteiger partial charge in [0, 0.05) is 12.0 Å². The summed E-state index contributed by atoms with van der Waals surface area (Å²) in [5.41, 5.74) is 1.64. The largest absolute Gasteiger partial charge is 0.339 e. The van der Waals surface area contributed by atoms with E-state index in [-0.39, 0.29) is 5.82 Å². The molecule has 20 heavy (non-hydrogen) atoms. The molecule has 1 atom stereocenters. The van der Waals surface area contributed by atoms with Gasteiger partial charge in [0.15, 0.2) is 0 Å². The van der Waals surface area contributed by atoms with E-state index >= 15 is 0 Å². The molecule has 1 N–H and O–H groups in total. The summed E-state index contributed by atoms with van der Waals surface area (Å²) >= 11 is 0. The van der Waals surface area contributed by atoms with Crippen molar-refractivity contribution in [2.24, 2.45) is 5.92 Å². The third kappa shape index (κ3) is 2.88. The van der Waals surface area contributed by atoms with Gasteiger partial charge < -0.3 is 9.84 Å². The number of hydrogen-bond acceptors (Lipinski definition) is 4. The first-order chi connectivity index (χ1) is 9.72. The van der Waals surface area contributed by atoms with Crippen molar-refractivity contribution in [2.45, 2.75) is 26.2 Å². The molecule has 0 amide bonds. The van der Waals surface area contributed by atoms with Gasteiger partial charge in [0.1, 0.15) is 5.82 Å². The number of aryl methyl sites for hydroxylation is 2. The Balaban J connectivity index is 1.71. The van der Waals surface area contributed by atoms with Crippen LogP contribution in [-0.4, -0.2) is 23.2 Å². The Morgan fingerprint density at radius 2 is 2.35 bits per heavy atom. The van der Waals surface area contributed by atoms with Crippen LogP contribution in [0.4, 0.5) is 4.39 Å². The van der Waals surface area contributed by atoms with Crippen molar-refractivity contribution in [3.8, 4) is 11.4 Å². The van der Waals surface area contributed by atoms with E-state index in [1.54, 1.807) is 6.07 Å². The van der Waals surface area contributed by atoms with Crippen molar-refractivity contribution in [1.29, 1.82) is 0 Å². The van der Waals surface area contributed by atoms with Crippen molar-refractivity contribution in [3.63, 3.8) is 0 Å². The summed E-state index contributed by atoms with van der Waals surface area (Å²) in [6, 6.07) is 4.61. The predicted octanol–water partition coefficient (Wildman–Crippen LogP) is 2.73. The highest BCUT2D eigenvalue weighted by Gasteiger charge is 2.17. The van der Waals surface area contributed by atoms with Gasteiger partial charge in [-0.25, -0.2) is 4.39 Å². The molecule has 1 aliphatic rings. The van der Waals surface area contributed by atoms with Crippen molar-refractivity contribution >= 4 is 0 Å². The van der Waals surface area contributed by atoms with Crippen LogP contribution >= 0.6 is 0 Å². The van der Waals surface area contributed by atoms with Crippen LogP contribution in [-0.2, 0) is 6.42 Å². The zero-order valence-corrected chi connectivity index (χ0v) is 11.5. The molecule has 4 nitrogen and oxygen atoms in total. The van der Waals surface area contributed by atoms with Gasteiger partial charge in [0.25, 0.3) is 0 Å². The monoisotopic (exact) mass is 275 g/mol. The van der Waals surface area contributed by atoms with Crippen molar-refractivity contribution < 1.29 is 8.91 Å². The van der Waals surface area contributed by atoms with E-state index in [1.807, 2.05) is 6.92 Å². The maximum Gasteiger partial charge on any atom is 0.226 e. The maximum atomic E-state index is 13.3. The fourth-order valence-electron chi connectivity index (χ4n) is 2.59. The van der Waals surface area contributed by atoms with Crippen molar-refractivity contribution in [1.82, 2.24) is 15.5 Å². The minimum absolute atomic E-state index is 0.283. The number of hydrogen-bond donors (Lipinski definition) is 1. The lowest BCUT2D eigenvalue weighted by molar-refractivity contribution is 0.365. The van der Waals surface area contributed by atoms with Crippen LogP contribution in [0.25, 0.3) is 11.4 Å². The topological polar surface area (TPSA) is 51.0 Å². The number of rotatable bonds is 4. The Bertz CT molecular complexity index is 591. The van der Waals surface area contributed by atoms with Gasteiger partial charge in [-0.1, -0.05) is 11.2 Å². The van der Waals surface area contributed by atoms with E-state index in [0.717, 1.165) is 31.5 Å². The first-order valence-electron chi connectivity index (χ1n) is 7.02. The van der Waals surface area contributed by atoms with Crippen LogP contribution in [0.5, 0.6) is 0 Å². The molecule has 106 valence electrons. The second-order valence-corrected chi connectivity index (χ2v) is 5.37. The number of aromatic nitrogens is 2. The summed E-state index contributed by atoms with van der Waals surface area (Å²) in [5, 5.41) is 7.31. The van der Waals surface area contributed by atoms with E-state index in [0.29, 0.717) is 23.2 Å². The minimum Gasteiger partial charge on any atom is -0.339 e. The van der Waals surface area contributed by atoms with Crippen LogP contribution in [0, 0.1) is 18.7 Å². The molecular weight excluding hydrogens is 257 g/mol. The first kappa shape index (κ1) is 13.2. The summed E-state index contributed by atoms with van der Waals surface area (Å²) in [4.78, 5) is 4.38. The molecule has 1 fully saturated rings. The van der Waals surface area contributed by atoms with Crippen LogP contribution in [0.2, 0.25) is 0 Å². The van der Waals surface area contributed by atoms with Crippen LogP contribution in [0.3, 0.4) is 0 Å². The smallest absolute Gasteiger partial charge is 0.226 e. The Hall–Kier alpha value is -1.75. The van der Waals surface area contributed by atoms with Crippen molar-refractivity contribution in [2.75, 3.05) is 13.1 Å². The molecule has 3 rings (SSSR count). The molecule has 1 aromatic heterocycles. The number of nitrogens with one attached hydrogen (secondary N) is 1. The SMILES string of the molecule is Cc1ccc(F)cc1-c1noc(CCC2CCNC2)n1. The Morgan fingerprint density at radius 3 is 3.15 bits per heavy atom. The van der Waals surface area contributed by atoms with Gasteiger partial charge in [-0.15, -0.1) is 0 Å². The summed E-state index contributed by atoms with van der Waals surface area (Å²) in [5.74, 6) is 1.52. The molecule has 1 unspecified atom stereocenters. The van der Waals surface area contributed by atoms with Gasteiger partial charge in [0.2, 0.25) is 11.7 Å². The molecule has 0 aliphatic carbocycles. The molecule has 2 aromatic rings. The molecule has 0 spiro atoms. The van der Waals surface area contributed by atoms with E-state index in [2.05, 4.69) is 15.5 Å². The normalized spacial score (nSPS) is 18.6. The second kappa shape index (κ2) is 5.71. The van der Waals surface area contributed by atoms with Gasteiger partial charge >= 0.3 is 0 Å². The molecule has 5 heteroatoms. The molecule has 1 saturated heterocycles. The lowest BCUT2D eigenvalue weighted by atomic mass is 10.0. The number of halogens is 1. The maximum absolute atomic E-state index is 13.3. The molecule has 2 heterocycles. The fraction of sp³-hybridized carbons (Fsp3) is 0.467. The fourth-order valence-corrected chi connectivity index (χ4v) is 2.59. The van der Waals surface area contributed by atoms with Gasteiger partial charge in [-0.05, 0) is 56.5 Å². The van der Waals surface area contributed by atoms with Crippen LogP contribution in [0.15, 0.2) is 22.7 Å². The molecular formula is C15H18FN3O. The molecule has 1 aromatic carbocycles. The first-order valence-corrected chi connectivity index (χ1v) is 7.02. The molecule has 0 radical (unpaired) electrons. The summed E-state index contributed by atoms with van der Waals surface area (Å²) < 4.78 is 18.6. The Kier molecular flexibility index (Phi) is 3.78. The van der Waals surface area contributed by atoms with E-state index < -0.39 is 0 Å². The summed E-state index contributed by atoms with van der Waals surface area (Å²) in [6.45, 7) is 4.08. The number of nitrogens with zero attached hydrogens (tertiary/aromatic N) is 2. The minimum atomic E-state index is -0.283. The van der Waals surface area contributed by atoms with Crippen LogP contribution in [0.1, 0.15) is 24.3 Å². The van der Waals surface area contributed by atoms with E-state index in [4.69, 9.17) is 4.52 Å². The van der Waals surface area contributed by atoms with Gasteiger partial charge in [-0.3, -0.25) is 0 Å². The standard InChI is InChI=1S/C15H18FN3O/c1-10-2-4-12(16)8-13(10)15-18-14(20-19-15)5-3-11-6-7-17-9-11/h2,4,8,11,17H,3,5-7,9H2,1H3. The van der Waals surface area contributed by atoms with Crippen molar-refractivity contribution in [3.05, 3.63) is 35.5 Å². The molecule has 1 aliphatic heterocycles. The highest BCUT2D eigenvalue weighted by Crippen LogP contribution is 2.22. The van der Waals surface area contributed by atoms with E-state index in [9.17, 15) is 4.39 Å². The lowest BCUT2D eigenvalue weighted by Gasteiger charge is -2.04. The summed E-state index contributed by atoms with van der Waals surface area (Å²) in [6.07, 6.45) is 3.05. The lowest BCUT2D eigenvalue weighted by Crippen LogP contribution is -2.09. The Labute approximate surface area is 117 Å². The van der Waals surface area contributed by atoms with Gasteiger partial charge in [-0.2, -0.15) is 4.98 Å². The second-order valence-electron chi connectivity index (χ2n) is 5.37. The summed E-state index contributed by atoms with van der Waals surface area (Å²) in [7, 11) is 0. The third-order valence-electron chi connectivity index (χ3n) is 3.84. The molecule has 0 saturated carbocycles. The van der Waals surface area contributed by atoms with E-state index in [1.165, 1.54) is 18.6 Å². The van der Waals surface area contributed by atoms with Crippen LogP contribution < -0.4 is 5.32 Å². The average Bonchev–Trinajstić information content (AvgIpc) is 3.10. The predicted molar refractivity (Wildman–Crippen MR) is 73.7 cm³/mol. The highest BCUT2D eigenvalue weighted by molar-refractivity contribution is 5.59. The number of benzene rings is 1. The average molecular weight is 275 g/mol. The zero-order chi connectivity index (χ0) is 13.9. The Morgan fingerprint density at radius 1 is 1.45 bits per heavy atom. The quantitative estimate of drug-likeness (QED) is 0.932. The van der Waals surface area contributed by atoms with Gasteiger partial charge in [0.05, 0.1) is 0 Å². The highest BCUT2D eigenvalue weighted by atomic mass is 19.1. The third-order valence-corrected chi connectivity index (χ3v) is 3.84. The molecule has 0 bridgehead atoms. The zero-order valence-electron chi connectivity index (χ0n) is 11.5.